The van der Waals surface area contributed by atoms with Crippen molar-refractivity contribution in [1.29, 1.82) is 0 Å². The normalized spacial score (nSPS) is 10.8. The number of fused-ring (bicyclic) bond motifs is 1. The molecule has 0 spiro atoms. The van der Waals surface area contributed by atoms with Gasteiger partial charge >= 0.3 is 0 Å². The van der Waals surface area contributed by atoms with Gasteiger partial charge in [-0.25, -0.2) is 0 Å². The zero-order chi connectivity index (χ0) is 8.55. The van der Waals surface area contributed by atoms with E-state index in [2.05, 4.69) is 0 Å². The maximum atomic E-state index is 8.93. The summed E-state index contributed by atoms with van der Waals surface area (Å²) >= 11 is 0. The molecule has 0 radical (unpaired) electrons. The van der Waals surface area contributed by atoms with Gasteiger partial charge in [0.05, 0.1) is 17.8 Å². The summed E-state index contributed by atoms with van der Waals surface area (Å²) in [5, 5.41) is 8.93. The second kappa shape index (κ2) is 2.53. The molecule has 3 heteroatoms. The van der Waals surface area contributed by atoms with Crippen molar-refractivity contribution >= 4 is 11.2 Å². The number of hydrogen-bond acceptors (Lipinski definition) is 2. The Balaban J connectivity index is 2.78. The first-order valence-corrected chi connectivity index (χ1v) is 3.78. The SMILES string of the molecule is Nc1c(CO)cn2ccccc12. The van der Waals surface area contributed by atoms with Gasteiger partial charge in [0.1, 0.15) is 0 Å². The molecule has 0 aliphatic heterocycles. The van der Waals surface area contributed by atoms with Crippen LogP contribution in [0.3, 0.4) is 0 Å². The molecule has 0 bridgehead atoms. The lowest BCUT2D eigenvalue weighted by Crippen LogP contribution is -1.88. The number of aliphatic hydroxyl groups is 1. The van der Waals surface area contributed by atoms with Crippen LogP contribution in [0.4, 0.5) is 5.69 Å². The molecule has 0 atom stereocenters. The largest absolute Gasteiger partial charge is 0.397 e. The molecule has 2 heterocycles. The molecule has 2 aromatic heterocycles. The monoisotopic (exact) mass is 162 g/mol. The zero-order valence-electron chi connectivity index (χ0n) is 6.57. The van der Waals surface area contributed by atoms with Gasteiger partial charge in [-0.15, -0.1) is 0 Å². The maximum Gasteiger partial charge on any atom is 0.0717 e. The Labute approximate surface area is 70.0 Å². The number of nitrogens with zero attached hydrogens (tertiary/aromatic N) is 1. The van der Waals surface area contributed by atoms with Gasteiger partial charge in [-0.2, -0.15) is 0 Å². The summed E-state index contributed by atoms with van der Waals surface area (Å²) in [6.45, 7) is -0.00644. The Morgan fingerprint density at radius 3 is 2.92 bits per heavy atom. The number of pyridine rings is 1. The predicted molar refractivity (Wildman–Crippen MR) is 47.7 cm³/mol. The van der Waals surface area contributed by atoms with Gasteiger partial charge in [0.25, 0.3) is 0 Å². The number of aliphatic hydroxyl groups excluding tert-OH is 1. The highest BCUT2D eigenvalue weighted by Crippen LogP contribution is 2.20. The van der Waals surface area contributed by atoms with Gasteiger partial charge in [-0.05, 0) is 12.1 Å². The minimum absolute atomic E-state index is 0.00644. The topological polar surface area (TPSA) is 50.7 Å². The number of hydrogen-bond donors (Lipinski definition) is 2. The number of anilines is 1. The molecule has 62 valence electrons. The van der Waals surface area contributed by atoms with Crippen molar-refractivity contribution < 1.29 is 5.11 Å². The molecule has 2 aromatic rings. The van der Waals surface area contributed by atoms with Gasteiger partial charge in [0, 0.05) is 18.0 Å². The van der Waals surface area contributed by atoms with Crippen LogP contribution in [-0.2, 0) is 6.61 Å². The first kappa shape index (κ1) is 7.18. The van der Waals surface area contributed by atoms with Crippen molar-refractivity contribution in [2.75, 3.05) is 5.73 Å². The maximum absolute atomic E-state index is 8.93. The van der Waals surface area contributed by atoms with E-state index < -0.39 is 0 Å². The van der Waals surface area contributed by atoms with Crippen molar-refractivity contribution in [3.8, 4) is 0 Å². The summed E-state index contributed by atoms with van der Waals surface area (Å²) in [6, 6.07) is 5.77. The summed E-state index contributed by atoms with van der Waals surface area (Å²) < 4.78 is 1.90. The Morgan fingerprint density at radius 1 is 1.42 bits per heavy atom. The fraction of sp³-hybridized carbons (Fsp3) is 0.111. The second-order valence-corrected chi connectivity index (χ2v) is 2.72. The summed E-state index contributed by atoms with van der Waals surface area (Å²) in [4.78, 5) is 0. The quantitative estimate of drug-likeness (QED) is 0.657. The Kier molecular flexibility index (Phi) is 1.52. The lowest BCUT2D eigenvalue weighted by atomic mass is 10.3. The summed E-state index contributed by atoms with van der Waals surface area (Å²) in [6.07, 6.45) is 3.75. The van der Waals surface area contributed by atoms with E-state index in [1.54, 1.807) is 0 Å². The van der Waals surface area contributed by atoms with E-state index in [0.717, 1.165) is 11.1 Å². The van der Waals surface area contributed by atoms with Gasteiger partial charge in [-0.1, -0.05) is 6.07 Å². The molecule has 2 rings (SSSR count). The molecule has 0 saturated heterocycles. The van der Waals surface area contributed by atoms with E-state index in [-0.39, 0.29) is 6.61 Å². The van der Waals surface area contributed by atoms with Crippen LogP contribution in [0, 0.1) is 0 Å². The lowest BCUT2D eigenvalue weighted by molar-refractivity contribution is 0.282. The van der Waals surface area contributed by atoms with Crippen molar-refractivity contribution in [1.82, 2.24) is 4.40 Å². The zero-order valence-corrected chi connectivity index (χ0v) is 6.57. The molecule has 3 nitrogen and oxygen atoms in total. The van der Waals surface area contributed by atoms with Crippen molar-refractivity contribution in [3.63, 3.8) is 0 Å². The number of rotatable bonds is 1. The molecule has 0 saturated carbocycles. The van der Waals surface area contributed by atoms with E-state index in [1.165, 1.54) is 0 Å². The minimum Gasteiger partial charge on any atom is -0.397 e. The van der Waals surface area contributed by atoms with E-state index in [0.29, 0.717) is 5.69 Å². The van der Waals surface area contributed by atoms with Crippen molar-refractivity contribution in [2.45, 2.75) is 6.61 Å². The van der Waals surface area contributed by atoms with Crippen LogP contribution in [0.1, 0.15) is 5.56 Å². The molecule has 0 aliphatic rings. The molecule has 0 fully saturated rings. The molecule has 0 amide bonds. The van der Waals surface area contributed by atoms with Crippen molar-refractivity contribution in [2.24, 2.45) is 0 Å². The van der Waals surface area contributed by atoms with Crippen LogP contribution < -0.4 is 5.73 Å². The summed E-state index contributed by atoms with van der Waals surface area (Å²) in [7, 11) is 0. The third-order valence-electron chi connectivity index (χ3n) is 1.98. The van der Waals surface area contributed by atoms with E-state index in [9.17, 15) is 0 Å². The molecule has 0 aliphatic carbocycles. The predicted octanol–water partition coefficient (Wildman–Crippen LogP) is 1.01. The van der Waals surface area contributed by atoms with Crippen LogP contribution >= 0.6 is 0 Å². The van der Waals surface area contributed by atoms with E-state index in [1.807, 2.05) is 35.0 Å². The van der Waals surface area contributed by atoms with E-state index in [4.69, 9.17) is 10.8 Å². The Hall–Kier alpha value is -1.48. The van der Waals surface area contributed by atoms with Crippen LogP contribution in [0.2, 0.25) is 0 Å². The average Bonchev–Trinajstić information content (AvgIpc) is 2.44. The van der Waals surface area contributed by atoms with Gasteiger partial charge in [0.2, 0.25) is 0 Å². The molecule has 0 unspecified atom stereocenters. The standard InChI is InChI=1S/C9H10N2O/c10-9-7(6-12)5-11-4-2-1-3-8(9)11/h1-5,12H,6,10H2. The lowest BCUT2D eigenvalue weighted by Gasteiger charge is -1.92. The fourth-order valence-corrected chi connectivity index (χ4v) is 1.32. The average molecular weight is 162 g/mol. The Morgan fingerprint density at radius 2 is 2.25 bits per heavy atom. The minimum atomic E-state index is -0.00644. The van der Waals surface area contributed by atoms with Gasteiger partial charge in [0.15, 0.2) is 0 Å². The van der Waals surface area contributed by atoms with Crippen LogP contribution in [0.15, 0.2) is 30.6 Å². The Bertz CT molecular complexity index is 406. The highest BCUT2D eigenvalue weighted by Gasteiger charge is 2.04. The number of nitrogen functional groups attached to an aromatic ring is 1. The third kappa shape index (κ3) is 0.871. The smallest absolute Gasteiger partial charge is 0.0717 e. The van der Waals surface area contributed by atoms with Crippen LogP contribution in [0.25, 0.3) is 5.52 Å². The van der Waals surface area contributed by atoms with Gasteiger partial charge < -0.3 is 15.2 Å². The summed E-state index contributed by atoms with van der Waals surface area (Å²) in [5.74, 6) is 0. The van der Waals surface area contributed by atoms with Crippen LogP contribution in [0.5, 0.6) is 0 Å². The fourth-order valence-electron chi connectivity index (χ4n) is 1.32. The highest BCUT2D eigenvalue weighted by molar-refractivity contribution is 5.73. The second-order valence-electron chi connectivity index (χ2n) is 2.72. The molecule has 0 aromatic carbocycles. The summed E-state index contributed by atoms with van der Waals surface area (Å²) in [5.41, 5.74) is 8.16. The van der Waals surface area contributed by atoms with Crippen molar-refractivity contribution in [3.05, 3.63) is 36.2 Å². The van der Waals surface area contributed by atoms with Gasteiger partial charge in [-0.3, -0.25) is 0 Å². The highest BCUT2D eigenvalue weighted by atomic mass is 16.3. The molecule has 12 heavy (non-hydrogen) atoms. The number of nitrogens with two attached hydrogens (primary N) is 1. The third-order valence-corrected chi connectivity index (χ3v) is 1.98. The first-order valence-electron chi connectivity index (χ1n) is 3.78. The molecular formula is C9H10N2O. The van der Waals surface area contributed by atoms with Crippen LogP contribution in [-0.4, -0.2) is 9.51 Å². The van der Waals surface area contributed by atoms with E-state index >= 15 is 0 Å². The first-order chi connectivity index (χ1) is 5.83. The number of aromatic nitrogens is 1. The molecular weight excluding hydrogens is 152 g/mol. The molecule has 3 N–H and O–H groups in total.